The van der Waals surface area contributed by atoms with Gasteiger partial charge in [0, 0.05) is 67.2 Å². The average molecular weight is 624 g/mol. The molecule has 1 unspecified atom stereocenters. The highest BCUT2D eigenvalue weighted by Gasteiger charge is 2.44. The van der Waals surface area contributed by atoms with Gasteiger partial charge in [0.1, 0.15) is 11.5 Å². The lowest BCUT2D eigenvalue weighted by Crippen LogP contribution is -2.49. The lowest BCUT2D eigenvalue weighted by molar-refractivity contribution is -0.222. The zero-order valence-corrected chi connectivity index (χ0v) is 24.9. The molecule has 3 aromatic heterocycles. The molecule has 8 nitrogen and oxygen atoms in total. The first-order valence-electron chi connectivity index (χ1n) is 14.8. The Bertz CT molecular complexity index is 1860. The first kappa shape index (κ1) is 30.6. The number of ketones is 1. The minimum absolute atomic E-state index is 0.0333. The van der Waals surface area contributed by atoms with E-state index in [2.05, 4.69) is 11.6 Å². The predicted octanol–water partition coefficient (Wildman–Crippen LogP) is 6.07. The number of piperidine rings is 1. The number of imidazole rings is 1. The van der Waals surface area contributed by atoms with Crippen LogP contribution >= 0.6 is 0 Å². The summed E-state index contributed by atoms with van der Waals surface area (Å²) >= 11 is 0. The summed E-state index contributed by atoms with van der Waals surface area (Å²) in [6.07, 6.45) is -1.70. The van der Waals surface area contributed by atoms with Crippen molar-refractivity contribution < 1.29 is 32.3 Å². The summed E-state index contributed by atoms with van der Waals surface area (Å²) in [6.45, 7) is 8.32. The van der Waals surface area contributed by atoms with E-state index in [0.717, 1.165) is 0 Å². The quantitative estimate of drug-likeness (QED) is 0.166. The first-order chi connectivity index (χ1) is 21.3. The third-order valence-electron chi connectivity index (χ3n) is 8.82. The number of allylic oxidation sites excluding steroid dienone is 3. The molecule has 236 valence electrons. The number of carbonyl (C=O) groups excluding carboxylic acids is 2. The van der Waals surface area contributed by atoms with Crippen molar-refractivity contribution in [2.24, 2.45) is 5.92 Å². The molecule has 0 spiro atoms. The van der Waals surface area contributed by atoms with Gasteiger partial charge in [0.25, 0.3) is 0 Å². The second kappa shape index (κ2) is 11.5. The molecule has 1 fully saturated rings. The van der Waals surface area contributed by atoms with Crippen LogP contribution in [0.15, 0.2) is 61.1 Å². The van der Waals surface area contributed by atoms with Crippen molar-refractivity contribution in [2.75, 3.05) is 19.6 Å². The van der Waals surface area contributed by atoms with E-state index in [4.69, 9.17) is 0 Å². The zero-order chi connectivity index (χ0) is 32.2. The molecule has 0 aliphatic carbocycles. The summed E-state index contributed by atoms with van der Waals surface area (Å²) in [7, 11) is 0. The number of hydrogen-bond donors (Lipinski definition) is 1. The second-order valence-corrected chi connectivity index (χ2v) is 11.9. The highest BCUT2D eigenvalue weighted by atomic mass is 19.4. The number of carbonyl (C=O) groups is 2. The normalized spacial score (nSPS) is 17.4. The molecule has 2 aliphatic rings. The fraction of sp³-hybridized carbons (Fsp3) is 0.364. The lowest BCUT2D eigenvalue weighted by Gasteiger charge is -2.37. The van der Waals surface area contributed by atoms with Gasteiger partial charge in [0.05, 0.1) is 17.4 Å². The Morgan fingerprint density at radius 2 is 1.78 bits per heavy atom. The number of benzene rings is 1. The third-order valence-corrected chi connectivity index (χ3v) is 8.82. The third kappa shape index (κ3) is 5.52. The number of aromatic nitrogens is 3. The standard InChI is InChI=1S/C33H33F4N5O3/c1-19(2)28(26-16-38-27-6-4-5-9-42(26)27)29(20(3)43)25-18-40-12-13-41(17-22-14-23(34)15-24(25)30(22)40)32(45)39-10-7-21(8-11-39)31(44)33(35,36)37/h4-6,9,14-16,18,21,31,44H,1,7-8,10-13,17H2,2-3H3/b29-28-. The number of amides is 2. The van der Waals surface area contributed by atoms with E-state index in [0.29, 0.717) is 56.6 Å². The van der Waals surface area contributed by atoms with Crippen LogP contribution in [-0.2, 0) is 17.9 Å². The number of urea groups is 1. The van der Waals surface area contributed by atoms with Crippen molar-refractivity contribution in [2.45, 2.75) is 52.1 Å². The largest absolute Gasteiger partial charge is 0.414 e. The molecule has 6 rings (SSSR count). The van der Waals surface area contributed by atoms with Gasteiger partial charge >= 0.3 is 12.2 Å². The smallest absolute Gasteiger partial charge is 0.383 e. The number of fused-ring (bicyclic) bond motifs is 1. The summed E-state index contributed by atoms with van der Waals surface area (Å²) in [5.74, 6) is -1.72. The Balaban J connectivity index is 1.36. The summed E-state index contributed by atoms with van der Waals surface area (Å²) in [6, 6.07) is 8.01. The van der Waals surface area contributed by atoms with Crippen LogP contribution in [0.3, 0.4) is 0 Å². The summed E-state index contributed by atoms with van der Waals surface area (Å²) in [5, 5.41) is 10.2. The Morgan fingerprint density at radius 3 is 2.44 bits per heavy atom. The SMILES string of the molecule is C=C(C)/C(=C(\C(C)=O)c1cn2c3c(cc(F)cc13)CN(C(=O)N1CCC(C(O)C(F)(F)F)CC1)CC2)c1cnc2ccccn12. The lowest BCUT2D eigenvalue weighted by atomic mass is 9.90. The molecule has 2 amide bonds. The maximum Gasteiger partial charge on any atom is 0.414 e. The molecular formula is C33H33F4N5O3. The van der Waals surface area contributed by atoms with Gasteiger partial charge in [0.2, 0.25) is 0 Å². The minimum atomic E-state index is -4.70. The van der Waals surface area contributed by atoms with Gasteiger partial charge < -0.3 is 19.5 Å². The zero-order valence-electron chi connectivity index (χ0n) is 24.9. The van der Waals surface area contributed by atoms with Crippen LogP contribution in [0, 0.1) is 11.7 Å². The van der Waals surface area contributed by atoms with E-state index in [1.807, 2.05) is 46.5 Å². The summed E-state index contributed by atoms with van der Waals surface area (Å²) in [4.78, 5) is 34.5. The van der Waals surface area contributed by atoms with Crippen molar-refractivity contribution in [3.05, 3.63) is 83.7 Å². The molecule has 4 aromatic rings. The topological polar surface area (TPSA) is 83.1 Å². The number of nitrogens with zero attached hydrogens (tertiary/aromatic N) is 5. The number of alkyl halides is 3. The molecule has 45 heavy (non-hydrogen) atoms. The van der Waals surface area contributed by atoms with E-state index in [1.54, 1.807) is 11.1 Å². The van der Waals surface area contributed by atoms with E-state index in [9.17, 15) is 27.9 Å². The fourth-order valence-corrected chi connectivity index (χ4v) is 6.71. The van der Waals surface area contributed by atoms with Gasteiger partial charge in [-0.2, -0.15) is 13.2 Å². The summed E-state index contributed by atoms with van der Waals surface area (Å²) < 4.78 is 58.1. The highest BCUT2D eigenvalue weighted by molar-refractivity contribution is 6.31. The van der Waals surface area contributed by atoms with E-state index >= 15 is 4.39 Å². The number of likely N-dealkylation sites (tertiary alicyclic amines) is 1. The predicted molar refractivity (Wildman–Crippen MR) is 162 cm³/mol. The Labute approximate surface area is 256 Å². The highest BCUT2D eigenvalue weighted by Crippen LogP contribution is 2.39. The maximum atomic E-state index is 15.3. The van der Waals surface area contributed by atoms with Crippen molar-refractivity contribution in [1.29, 1.82) is 0 Å². The van der Waals surface area contributed by atoms with E-state index < -0.39 is 24.0 Å². The van der Waals surface area contributed by atoms with Crippen molar-refractivity contribution in [3.8, 4) is 0 Å². The molecule has 1 aromatic carbocycles. The van der Waals surface area contributed by atoms with Crippen LogP contribution in [0.4, 0.5) is 22.4 Å². The monoisotopic (exact) mass is 623 g/mol. The molecule has 1 N–H and O–H groups in total. The van der Waals surface area contributed by atoms with Crippen LogP contribution in [0.25, 0.3) is 27.7 Å². The van der Waals surface area contributed by atoms with Gasteiger partial charge in [-0.05, 0) is 68.0 Å². The van der Waals surface area contributed by atoms with Crippen LogP contribution in [0.1, 0.15) is 43.5 Å². The van der Waals surface area contributed by atoms with Gasteiger partial charge in [-0.15, -0.1) is 0 Å². The Hall–Kier alpha value is -4.45. The number of halogens is 4. The van der Waals surface area contributed by atoms with Gasteiger partial charge in [0.15, 0.2) is 11.9 Å². The maximum absolute atomic E-state index is 15.3. The Morgan fingerprint density at radius 1 is 1.04 bits per heavy atom. The fourth-order valence-electron chi connectivity index (χ4n) is 6.71. The molecule has 12 heteroatoms. The van der Waals surface area contributed by atoms with Gasteiger partial charge in [-0.3, -0.25) is 9.20 Å². The molecular weight excluding hydrogens is 590 g/mol. The van der Waals surface area contributed by atoms with Crippen LogP contribution in [-0.4, -0.2) is 72.6 Å². The molecule has 0 radical (unpaired) electrons. The van der Waals surface area contributed by atoms with Crippen molar-refractivity contribution >= 4 is 39.5 Å². The molecule has 1 atom stereocenters. The number of aliphatic hydroxyl groups is 1. The van der Waals surface area contributed by atoms with Crippen molar-refractivity contribution in [1.82, 2.24) is 23.8 Å². The Kier molecular flexibility index (Phi) is 7.80. The van der Waals surface area contributed by atoms with Crippen LogP contribution in [0.2, 0.25) is 0 Å². The molecule has 5 heterocycles. The van der Waals surface area contributed by atoms with E-state index in [-0.39, 0.29) is 50.8 Å². The molecule has 0 saturated carbocycles. The molecule has 2 aliphatic heterocycles. The van der Waals surface area contributed by atoms with Crippen molar-refractivity contribution in [3.63, 3.8) is 0 Å². The number of pyridine rings is 1. The second-order valence-electron chi connectivity index (χ2n) is 11.9. The van der Waals surface area contributed by atoms with Gasteiger partial charge in [-0.1, -0.05) is 12.6 Å². The van der Waals surface area contributed by atoms with Crippen LogP contribution < -0.4 is 0 Å². The number of aliphatic hydroxyl groups excluding tert-OH is 1. The average Bonchev–Trinajstić information content (AvgIpc) is 3.52. The molecule has 0 bridgehead atoms. The minimum Gasteiger partial charge on any atom is -0.383 e. The van der Waals surface area contributed by atoms with Gasteiger partial charge in [-0.25, -0.2) is 14.2 Å². The number of rotatable bonds is 5. The van der Waals surface area contributed by atoms with Crippen LogP contribution in [0.5, 0.6) is 0 Å². The number of Topliss-reactive ketones (excluding diaryl/α,β-unsaturated/α-hetero) is 1. The van der Waals surface area contributed by atoms with E-state index in [1.165, 1.54) is 24.0 Å². The first-order valence-corrected chi connectivity index (χ1v) is 14.8. The number of hydrogen-bond acceptors (Lipinski definition) is 4. The summed E-state index contributed by atoms with van der Waals surface area (Å²) in [5.41, 5.74) is 4.79. The molecule has 1 saturated heterocycles.